The zero-order valence-electron chi connectivity index (χ0n) is 8.90. The summed E-state index contributed by atoms with van der Waals surface area (Å²) in [7, 11) is 0. The average molecular weight is 284 g/mol. The van der Waals surface area contributed by atoms with Crippen LogP contribution in [0.4, 0.5) is 0 Å². The number of alkyl halides is 1. The van der Waals surface area contributed by atoms with Gasteiger partial charge in [-0.15, -0.1) is 0 Å². The lowest BCUT2D eigenvalue weighted by molar-refractivity contribution is -0.128. The first-order valence-electron chi connectivity index (χ1n) is 5.30. The Balaban J connectivity index is 2.12. The number of aliphatic hydroxyl groups is 1. The lowest BCUT2D eigenvalue weighted by Crippen LogP contribution is -2.25. The molecule has 3 nitrogen and oxygen atoms in total. The molecule has 1 fully saturated rings. The molecule has 1 aliphatic rings. The van der Waals surface area contributed by atoms with Gasteiger partial charge in [0.05, 0.1) is 6.61 Å². The molecule has 1 unspecified atom stereocenters. The lowest BCUT2D eigenvalue weighted by atomic mass is 10.1. The number of aliphatic hydroxyl groups excluding tert-OH is 1. The number of carbonyl (C=O) groups is 1. The number of hydrogen-bond donors (Lipinski definition) is 1. The highest BCUT2D eigenvalue weighted by molar-refractivity contribution is 9.09. The molecule has 1 atom stereocenters. The molecule has 86 valence electrons. The van der Waals surface area contributed by atoms with Crippen molar-refractivity contribution >= 4 is 21.8 Å². The normalized spacial score (nSPS) is 20.5. The molecule has 1 N–H and O–H groups in total. The molecule has 1 aromatic rings. The fourth-order valence-corrected chi connectivity index (χ4v) is 2.57. The van der Waals surface area contributed by atoms with Crippen LogP contribution in [0.15, 0.2) is 24.3 Å². The number of benzene rings is 1. The topological polar surface area (TPSA) is 40.5 Å². The first-order valence-corrected chi connectivity index (χ1v) is 6.21. The zero-order chi connectivity index (χ0) is 11.5. The van der Waals surface area contributed by atoms with Crippen LogP contribution in [0.1, 0.15) is 17.5 Å². The van der Waals surface area contributed by atoms with Gasteiger partial charge in [-0.25, -0.2) is 0 Å². The summed E-state index contributed by atoms with van der Waals surface area (Å²) in [6.45, 7) is 1.37. The fourth-order valence-electron chi connectivity index (χ4n) is 1.95. The predicted molar refractivity (Wildman–Crippen MR) is 65.1 cm³/mol. The van der Waals surface area contributed by atoms with Crippen molar-refractivity contribution in [3.63, 3.8) is 0 Å². The van der Waals surface area contributed by atoms with Gasteiger partial charge in [0.1, 0.15) is 0 Å². The van der Waals surface area contributed by atoms with Gasteiger partial charge in [-0.05, 0) is 11.1 Å². The van der Waals surface area contributed by atoms with Crippen LogP contribution in [0.5, 0.6) is 0 Å². The monoisotopic (exact) mass is 283 g/mol. The van der Waals surface area contributed by atoms with Crippen LogP contribution in [-0.4, -0.2) is 27.3 Å². The smallest absolute Gasteiger partial charge is 0.224 e. The first-order chi connectivity index (χ1) is 7.70. The third kappa shape index (κ3) is 2.44. The van der Waals surface area contributed by atoms with Crippen molar-refractivity contribution in [2.45, 2.75) is 24.4 Å². The van der Waals surface area contributed by atoms with Gasteiger partial charge in [0, 0.05) is 24.3 Å². The van der Waals surface area contributed by atoms with Crippen LogP contribution in [0, 0.1) is 0 Å². The summed E-state index contributed by atoms with van der Waals surface area (Å²) in [5.41, 5.74) is 1.92. The van der Waals surface area contributed by atoms with E-state index in [0.717, 1.165) is 17.7 Å². The van der Waals surface area contributed by atoms with Crippen LogP contribution >= 0.6 is 15.9 Å². The van der Waals surface area contributed by atoms with Crippen molar-refractivity contribution in [3.8, 4) is 0 Å². The van der Waals surface area contributed by atoms with E-state index in [9.17, 15) is 9.90 Å². The van der Waals surface area contributed by atoms with Crippen molar-refractivity contribution in [2.24, 2.45) is 0 Å². The van der Waals surface area contributed by atoms with Crippen LogP contribution in [0.3, 0.4) is 0 Å². The van der Waals surface area contributed by atoms with Gasteiger partial charge in [-0.3, -0.25) is 4.79 Å². The van der Waals surface area contributed by atoms with E-state index < -0.39 is 0 Å². The molecule has 16 heavy (non-hydrogen) atoms. The third-order valence-corrected chi connectivity index (χ3v) is 3.43. The molecule has 1 aliphatic heterocycles. The standard InChI is InChI=1S/C12H14BrNO2/c13-11-5-12(16)14(7-11)6-9-3-1-2-4-10(9)8-15/h1-4,11,15H,5-8H2. The SMILES string of the molecule is O=C1CC(Br)CN1Cc1ccccc1CO. The Bertz CT molecular complexity index is 394. The molecule has 0 spiro atoms. The van der Waals surface area contributed by atoms with E-state index >= 15 is 0 Å². The second-order valence-electron chi connectivity index (χ2n) is 4.00. The van der Waals surface area contributed by atoms with Crippen molar-refractivity contribution in [3.05, 3.63) is 35.4 Å². The third-order valence-electron chi connectivity index (χ3n) is 2.82. The van der Waals surface area contributed by atoms with Crippen LogP contribution in [-0.2, 0) is 17.9 Å². The minimum Gasteiger partial charge on any atom is -0.392 e. The van der Waals surface area contributed by atoms with E-state index in [-0.39, 0.29) is 17.3 Å². The largest absolute Gasteiger partial charge is 0.392 e. The Morgan fingerprint density at radius 3 is 2.62 bits per heavy atom. The van der Waals surface area contributed by atoms with Crippen molar-refractivity contribution in [1.82, 2.24) is 4.90 Å². The van der Waals surface area contributed by atoms with Crippen LogP contribution in [0.2, 0.25) is 0 Å². The molecule has 0 radical (unpaired) electrons. The van der Waals surface area contributed by atoms with E-state index in [2.05, 4.69) is 15.9 Å². The predicted octanol–water partition coefficient (Wildman–Crippen LogP) is 1.67. The minimum absolute atomic E-state index is 0.0238. The number of rotatable bonds is 3. The molecular weight excluding hydrogens is 270 g/mol. The lowest BCUT2D eigenvalue weighted by Gasteiger charge is -2.17. The Labute approximate surface area is 103 Å². The quantitative estimate of drug-likeness (QED) is 0.858. The number of likely N-dealkylation sites (tertiary alicyclic amines) is 1. The Kier molecular flexibility index (Phi) is 3.61. The Morgan fingerprint density at radius 2 is 2.06 bits per heavy atom. The van der Waals surface area contributed by atoms with Crippen molar-refractivity contribution < 1.29 is 9.90 Å². The summed E-state index contributed by atoms with van der Waals surface area (Å²) in [5, 5.41) is 9.20. The fraction of sp³-hybridized carbons (Fsp3) is 0.417. The maximum absolute atomic E-state index is 11.6. The number of hydrogen-bond acceptors (Lipinski definition) is 2. The molecule has 1 saturated heterocycles. The van der Waals surface area contributed by atoms with Gasteiger partial charge in [-0.2, -0.15) is 0 Å². The molecule has 0 aromatic heterocycles. The molecule has 4 heteroatoms. The second kappa shape index (κ2) is 4.97. The zero-order valence-corrected chi connectivity index (χ0v) is 10.5. The minimum atomic E-state index is 0.0238. The Morgan fingerprint density at radius 1 is 1.38 bits per heavy atom. The molecule has 1 amide bonds. The number of nitrogens with zero attached hydrogens (tertiary/aromatic N) is 1. The molecule has 0 aliphatic carbocycles. The molecule has 1 heterocycles. The molecule has 0 bridgehead atoms. The molecular formula is C12H14BrNO2. The Hall–Kier alpha value is -0.870. The van der Waals surface area contributed by atoms with Gasteiger partial charge in [0.2, 0.25) is 5.91 Å². The van der Waals surface area contributed by atoms with E-state index in [4.69, 9.17) is 0 Å². The van der Waals surface area contributed by atoms with E-state index in [0.29, 0.717) is 13.0 Å². The molecule has 1 aromatic carbocycles. The van der Waals surface area contributed by atoms with Crippen LogP contribution < -0.4 is 0 Å². The summed E-state index contributed by atoms with van der Waals surface area (Å²) in [5.74, 6) is 0.176. The summed E-state index contributed by atoms with van der Waals surface area (Å²) < 4.78 is 0. The number of amides is 1. The number of carbonyl (C=O) groups excluding carboxylic acids is 1. The van der Waals surface area contributed by atoms with E-state index in [1.54, 1.807) is 0 Å². The van der Waals surface area contributed by atoms with E-state index in [1.807, 2.05) is 29.2 Å². The van der Waals surface area contributed by atoms with Gasteiger partial charge >= 0.3 is 0 Å². The summed E-state index contributed by atoms with van der Waals surface area (Å²) in [4.78, 5) is 13.7. The maximum Gasteiger partial charge on any atom is 0.224 e. The van der Waals surface area contributed by atoms with Crippen molar-refractivity contribution in [1.29, 1.82) is 0 Å². The molecule has 2 rings (SSSR count). The molecule has 0 saturated carbocycles. The summed E-state index contributed by atoms with van der Waals surface area (Å²) in [6.07, 6.45) is 0.571. The van der Waals surface area contributed by atoms with Gasteiger partial charge in [0.25, 0.3) is 0 Å². The summed E-state index contributed by atoms with van der Waals surface area (Å²) >= 11 is 3.46. The maximum atomic E-state index is 11.6. The van der Waals surface area contributed by atoms with Crippen LogP contribution in [0.25, 0.3) is 0 Å². The summed E-state index contributed by atoms with van der Waals surface area (Å²) in [6, 6.07) is 7.68. The first kappa shape index (κ1) is 11.6. The second-order valence-corrected chi connectivity index (χ2v) is 5.30. The highest BCUT2D eigenvalue weighted by Gasteiger charge is 2.27. The number of halogens is 1. The van der Waals surface area contributed by atoms with Gasteiger partial charge in [0.15, 0.2) is 0 Å². The van der Waals surface area contributed by atoms with Gasteiger partial charge < -0.3 is 10.0 Å². The van der Waals surface area contributed by atoms with Gasteiger partial charge in [-0.1, -0.05) is 40.2 Å². The van der Waals surface area contributed by atoms with E-state index in [1.165, 1.54) is 0 Å². The van der Waals surface area contributed by atoms with Crippen molar-refractivity contribution in [2.75, 3.05) is 6.54 Å². The highest BCUT2D eigenvalue weighted by Crippen LogP contribution is 2.21. The average Bonchev–Trinajstić information content (AvgIpc) is 2.58. The highest BCUT2D eigenvalue weighted by atomic mass is 79.9.